The zero-order valence-electron chi connectivity index (χ0n) is 11.2. The maximum absolute atomic E-state index is 12.0. The van der Waals surface area contributed by atoms with Gasteiger partial charge in [0.15, 0.2) is 0 Å². The fraction of sp³-hybridized carbons (Fsp3) is 0.429. The van der Waals surface area contributed by atoms with Crippen molar-refractivity contribution in [2.45, 2.75) is 18.9 Å². The molecule has 0 bridgehead atoms. The van der Waals surface area contributed by atoms with Crippen LogP contribution >= 0.6 is 0 Å². The van der Waals surface area contributed by atoms with E-state index in [1.165, 1.54) is 0 Å². The summed E-state index contributed by atoms with van der Waals surface area (Å²) in [5.74, 6) is -0.783. The number of nitrogens with one attached hydrogen (secondary N) is 1. The highest BCUT2D eigenvalue weighted by Gasteiger charge is 2.29. The highest BCUT2D eigenvalue weighted by molar-refractivity contribution is 6.03. The summed E-state index contributed by atoms with van der Waals surface area (Å²) in [6.07, 6.45) is 2.12. The maximum atomic E-state index is 12.0. The van der Waals surface area contributed by atoms with E-state index in [4.69, 9.17) is 10.8 Å². The minimum atomic E-state index is -0.574. The summed E-state index contributed by atoms with van der Waals surface area (Å²) in [5.41, 5.74) is 5.98. The van der Waals surface area contributed by atoms with Crippen LogP contribution in [-0.4, -0.2) is 47.6 Å². The molecule has 0 unspecified atom stereocenters. The van der Waals surface area contributed by atoms with E-state index in [-0.39, 0.29) is 19.1 Å². The molecule has 6 nitrogen and oxygen atoms in total. The molecule has 0 atom stereocenters. The summed E-state index contributed by atoms with van der Waals surface area (Å²) >= 11 is 0. The SMILES string of the molecule is NC(=O)c1ccccc1NC(=O)CN(CCO)C1CC1. The molecule has 4 N–H and O–H groups in total. The largest absolute Gasteiger partial charge is 0.395 e. The molecule has 1 saturated carbocycles. The summed E-state index contributed by atoms with van der Waals surface area (Å²) in [7, 11) is 0. The summed E-state index contributed by atoms with van der Waals surface area (Å²) in [5, 5.41) is 11.7. The average molecular weight is 277 g/mol. The Morgan fingerprint density at radius 1 is 1.35 bits per heavy atom. The number of carbonyl (C=O) groups is 2. The molecule has 108 valence electrons. The second-order valence-corrected chi connectivity index (χ2v) is 4.88. The molecule has 0 radical (unpaired) electrons. The van der Waals surface area contributed by atoms with Crippen molar-refractivity contribution in [2.75, 3.05) is 25.0 Å². The van der Waals surface area contributed by atoms with Gasteiger partial charge in [-0.15, -0.1) is 0 Å². The summed E-state index contributed by atoms with van der Waals surface area (Å²) in [6.45, 7) is 0.718. The van der Waals surface area contributed by atoms with Crippen molar-refractivity contribution in [2.24, 2.45) is 5.73 Å². The lowest BCUT2D eigenvalue weighted by Crippen LogP contribution is -2.37. The molecule has 6 heteroatoms. The van der Waals surface area contributed by atoms with Gasteiger partial charge in [0.2, 0.25) is 5.91 Å². The summed E-state index contributed by atoms with van der Waals surface area (Å²) in [4.78, 5) is 25.2. The normalized spacial score (nSPS) is 14.3. The first kappa shape index (κ1) is 14.5. The number of nitrogens with zero attached hydrogens (tertiary/aromatic N) is 1. The quantitative estimate of drug-likeness (QED) is 0.662. The topological polar surface area (TPSA) is 95.7 Å². The molecule has 2 amide bonds. The number of primary amides is 1. The molecule has 0 spiro atoms. The van der Waals surface area contributed by atoms with Crippen LogP contribution in [0.1, 0.15) is 23.2 Å². The van der Waals surface area contributed by atoms with Gasteiger partial charge in [-0.25, -0.2) is 0 Å². The van der Waals surface area contributed by atoms with Gasteiger partial charge in [-0.3, -0.25) is 14.5 Å². The van der Waals surface area contributed by atoms with Gasteiger partial charge < -0.3 is 16.2 Å². The van der Waals surface area contributed by atoms with Crippen LogP contribution in [0.4, 0.5) is 5.69 Å². The molecule has 1 fully saturated rings. The van der Waals surface area contributed by atoms with E-state index < -0.39 is 5.91 Å². The van der Waals surface area contributed by atoms with Gasteiger partial charge in [0.05, 0.1) is 24.4 Å². The Bertz CT molecular complexity index is 500. The summed E-state index contributed by atoms with van der Waals surface area (Å²) < 4.78 is 0. The Hall–Kier alpha value is -1.92. The van der Waals surface area contributed by atoms with Crippen LogP contribution in [0.15, 0.2) is 24.3 Å². The van der Waals surface area contributed by atoms with Crippen LogP contribution in [0.2, 0.25) is 0 Å². The smallest absolute Gasteiger partial charge is 0.250 e. The number of hydrogen-bond acceptors (Lipinski definition) is 4. The van der Waals surface area contributed by atoms with Gasteiger partial charge in [-0.05, 0) is 25.0 Å². The van der Waals surface area contributed by atoms with Crippen LogP contribution in [0.3, 0.4) is 0 Å². The number of nitrogens with two attached hydrogens (primary N) is 1. The average Bonchev–Trinajstić information content (AvgIpc) is 3.23. The molecular weight excluding hydrogens is 258 g/mol. The maximum Gasteiger partial charge on any atom is 0.250 e. The molecule has 20 heavy (non-hydrogen) atoms. The Labute approximate surface area is 117 Å². The standard InChI is InChI=1S/C14H19N3O3/c15-14(20)11-3-1-2-4-12(11)16-13(19)9-17(7-8-18)10-5-6-10/h1-4,10,18H,5-9H2,(H2,15,20)(H,16,19). The van der Waals surface area contributed by atoms with Crippen molar-refractivity contribution >= 4 is 17.5 Å². The van der Waals surface area contributed by atoms with E-state index in [2.05, 4.69) is 5.32 Å². The van der Waals surface area contributed by atoms with Crippen molar-refractivity contribution in [1.29, 1.82) is 0 Å². The lowest BCUT2D eigenvalue weighted by molar-refractivity contribution is -0.117. The van der Waals surface area contributed by atoms with E-state index in [0.29, 0.717) is 23.8 Å². The molecule has 0 heterocycles. The minimum absolute atomic E-state index is 0.0294. The Morgan fingerprint density at radius 2 is 2.05 bits per heavy atom. The highest BCUT2D eigenvalue weighted by Crippen LogP contribution is 2.26. The van der Waals surface area contributed by atoms with Crippen molar-refractivity contribution in [1.82, 2.24) is 4.90 Å². The lowest BCUT2D eigenvalue weighted by Gasteiger charge is -2.20. The molecular formula is C14H19N3O3. The van der Waals surface area contributed by atoms with Crippen molar-refractivity contribution in [3.05, 3.63) is 29.8 Å². The summed E-state index contributed by atoms with van der Waals surface area (Å²) in [6, 6.07) is 7.03. The zero-order valence-corrected chi connectivity index (χ0v) is 11.2. The van der Waals surface area contributed by atoms with Crippen molar-refractivity contribution in [3.63, 3.8) is 0 Å². The van der Waals surface area contributed by atoms with Gasteiger partial charge >= 0.3 is 0 Å². The van der Waals surface area contributed by atoms with Gasteiger partial charge in [0.25, 0.3) is 5.91 Å². The number of aliphatic hydroxyl groups excluding tert-OH is 1. The second kappa shape index (κ2) is 6.49. The fourth-order valence-electron chi connectivity index (χ4n) is 2.14. The lowest BCUT2D eigenvalue weighted by atomic mass is 10.1. The van der Waals surface area contributed by atoms with Gasteiger partial charge in [0, 0.05) is 12.6 Å². The first-order valence-corrected chi connectivity index (χ1v) is 6.65. The highest BCUT2D eigenvalue weighted by atomic mass is 16.3. The third-order valence-electron chi connectivity index (χ3n) is 3.26. The van der Waals surface area contributed by atoms with Crippen LogP contribution in [-0.2, 0) is 4.79 Å². The number of hydrogen-bond donors (Lipinski definition) is 3. The molecule has 0 aromatic heterocycles. The number of benzene rings is 1. The zero-order chi connectivity index (χ0) is 14.5. The van der Waals surface area contributed by atoms with Gasteiger partial charge in [-0.1, -0.05) is 12.1 Å². The predicted molar refractivity (Wildman–Crippen MR) is 75.3 cm³/mol. The molecule has 1 aromatic carbocycles. The first-order chi connectivity index (χ1) is 9.61. The van der Waals surface area contributed by atoms with E-state index in [0.717, 1.165) is 12.8 Å². The number of rotatable bonds is 7. The molecule has 2 rings (SSSR count). The van der Waals surface area contributed by atoms with Crippen LogP contribution < -0.4 is 11.1 Å². The number of para-hydroxylation sites is 1. The molecule has 1 aliphatic rings. The van der Waals surface area contributed by atoms with E-state index in [1.54, 1.807) is 24.3 Å². The van der Waals surface area contributed by atoms with Crippen LogP contribution in [0.25, 0.3) is 0 Å². The Morgan fingerprint density at radius 3 is 2.65 bits per heavy atom. The van der Waals surface area contributed by atoms with E-state index in [9.17, 15) is 9.59 Å². The van der Waals surface area contributed by atoms with E-state index >= 15 is 0 Å². The number of aliphatic hydroxyl groups is 1. The third kappa shape index (κ3) is 3.79. The number of anilines is 1. The van der Waals surface area contributed by atoms with Crippen LogP contribution in [0, 0.1) is 0 Å². The van der Waals surface area contributed by atoms with Crippen LogP contribution in [0.5, 0.6) is 0 Å². The van der Waals surface area contributed by atoms with Gasteiger partial charge in [-0.2, -0.15) is 0 Å². The third-order valence-corrected chi connectivity index (χ3v) is 3.26. The molecule has 0 saturated heterocycles. The molecule has 1 aliphatic carbocycles. The first-order valence-electron chi connectivity index (χ1n) is 6.65. The van der Waals surface area contributed by atoms with E-state index in [1.807, 2.05) is 4.90 Å². The monoisotopic (exact) mass is 277 g/mol. The Kier molecular flexibility index (Phi) is 4.70. The van der Waals surface area contributed by atoms with Gasteiger partial charge in [0.1, 0.15) is 0 Å². The Balaban J connectivity index is 1.98. The minimum Gasteiger partial charge on any atom is -0.395 e. The molecule has 1 aromatic rings. The molecule has 0 aliphatic heterocycles. The second-order valence-electron chi connectivity index (χ2n) is 4.88. The number of carbonyl (C=O) groups excluding carboxylic acids is 2. The van der Waals surface area contributed by atoms with Crippen molar-refractivity contribution < 1.29 is 14.7 Å². The predicted octanol–water partition coefficient (Wildman–Crippen LogP) is 0.181. The number of amides is 2. The fourth-order valence-corrected chi connectivity index (χ4v) is 2.14. The van der Waals surface area contributed by atoms with Crippen molar-refractivity contribution in [3.8, 4) is 0 Å².